The molecule has 0 saturated heterocycles. The number of hydrogen-bond acceptors (Lipinski definition) is 5. The maximum absolute atomic E-state index is 11.1. The first-order valence-corrected chi connectivity index (χ1v) is 13.6. The van der Waals surface area contributed by atoms with Crippen LogP contribution in [0.15, 0.2) is 48.5 Å². The highest BCUT2D eigenvalue weighted by atomic mass is 16.3. The van der Waals surface area contributed by atoms with Crippen molar-refractivity contribution < 1.29 is 10.2 Å². The summed E-state index contributed by atoms with van der Waals surface area (Å²) >= 11 is 0. The molecule has 0 aliphatic carbocycles. The number of phenols is 2. The number of aromatic nitrogens is 3. The number of benzene rings is 3. The molecule has 0 fully saturated rings. The molecular formula is C33H39N3O2. The normalized spacial score (nSPS) is 11.3. The molecule has 0 amide bonds. The van der Waals surface area contributed by atoms with Crippen LogP contribution in [0, 0.1) is 33.6 Å². The van der Waals surface area contributed by atoms with Crippen LogP contribution in [0.4, 0.5) is 0 Å². The zero-order valence-corrected chi connectivity index (χ0v) is 23.5. The van der Waals surface area contributed by atoms with Crippen LogP contribution in [0.25, 0.3) is 34.2 Å². The van der Waals surface area contributed by atoms with E-state index in [2.05, 4.69) is 39.8 Å². The van der Waals surface area contributed by atoms with E-state index in [4.69, 9.17) is 15.0 Å². The van der Waals surface area contributed by atoms with E-state index in [0.717, 1.165) is 58.2 Å². The van der Waals surface area contributed by atoms with E-state index in [-0.39, 0.29) is 11.5 Å². The molecule has 2 N–H and O–H groups in total. The average Bonchev–Trinajstić information content (AvgIpc) is 2.86. The molecule has 5 nitrogen and oxygen atoms in total. The molecule has 1 heterocycles. The second-order valence-corrected chi connectivity index (χ2v) is 10.9. The monoisotopic (exact) mass is 509 g/mol. The predicted octanol–water partition coefficient (Wildman–Crippen LogP) is 8.28. The van der Waals surface area contributed by atoms with E-state index in [1.54, 1.807) is 0 Å². The summed E-state index contributed by atoms with van der Waals surface area (Å²) in [6.07, 6.45) is 5.18. The molecule has 0 bridgehead atoms. The fourth-order valence-corrected chi connectivity index (χ4v) is 4.91. The number of hydrogen-bond donors (Lipinski definition) is 2. The van der Waals surface area contributed by atoms with Crippen LogP contribution >= 0.6 is 0 Å². The number of aromatic hydroxyl groups is 2. The van der Waals surface area contributed by atoms with Gasteiger partial charge < -0.3 is 10.2 Å². The minimum absolute atomic E-state index is 0.0899. The van der Waals surface area contributed by atoms with Gasteiger partial charge in [-0.1, -0.05) is 86.7 Å². The van der Waals surface area contributed by atoms with Crippen molar-refractivity contribution in [1.29, 1.82) is 0 Å². The fourth-order valence-electron chi connectivity index (χ4n) is 4.91. The van der Waals surface area contributed by atoms with Gasteiger partial charge in [-0.2, -0.15) is 0 Å². The molecule has 4 aromatic rings. The molecule has 198 valence electrons. The molecule has 0 aliphatic heterocycles. The molecule has 0 radical (unpaired) electrons. The summed E-state index contributed by atoms with van der Waals surface area (Å²) in [5, 5.41) is 21.9. The Balaban J connectivity index is 1.76. The highest BCUT2D eigenvalue weighted by Gasteiger charge is 2.19. The summed E-state index contributed by atoms with van der Waals surface area (Å²) in [6.45, 7) is 12.7. The van der Waals surface area contributed by atoms with Crippen molar-refractivity contribution >= 4 is 0 Å². The lowest BCUT2D eigenvalue weighted by atomic mass is 10.00. The van der Waals surface area contributed by atoms with Crippen molar-refractivity contribution in [2.75, 3.05) is 0 Å². The lowest BCUT2D eigenvalue weighted by molar-refractivity contribution is 0.399. The highest BCUT2D eigenvalue weighted by molar-refractivity contribution is 5.74. The van der Waals surface area contributed by atoms with E-state index in [1.165, 1.54) is 12.8 Å². The van der Waals surface area contributed by atoms with E-state index in [0.29, 0.717) is 29.0 Å². The Labute approximate surface area is 226 Å². The third-order valence-corrected chi connectivity index (χ3v) is 7.08. The first kappa shape index (κ1) is 27.3. The van der Waals surface area contributed by atoms with Gasteiger partial charge in [-0.15, -0.1) is 0 Å². The Hall–Kier alpha value is -3.73. The maximum Gasteiger partial charge on any atom is 0.168 e. The molecule has 3 aromatic carbocycles. The Morgan fingerprint density at radius 1 is 0.605 bits per heavy atom. The summed E-state index contributed by atoms with van der Waals surface area (Å²) in [5.41, 5.74) is 7.41. The van der Waals surface area contributed by atoms with Crippen molar-refractivity contribution in [3.8, 4) is 45.7 Å². The summed E-state index contributed by atoms with van der Waals surface area (Å²) in [6, 6.07) is 16.0. The summed E-state index contributed by atoms with van der Waals surface area (Å²) in [5.74, 6) is 1.84. The van der Waals surface area contributed by atoms with E-state index in [1.807, 2.05) is 50.2 Å². The fraction of sp³-hybridized carbons (Fsp3) is 0.364. The first-order chi connectivity index (χ1) is 18.1. The Morgan fingerprint density at radius 2 is 1.11 bits per heavy atom. The number of rotatable bonds is 9. The van der Waals surface area contributed by atoms with Gasteiger partial charge in [-0.25, -0.2) is 15.0 Å². The van der Waals surface area contributed by atoms with Crippen molar-refractivity contribution in [1.82, 2.24) is 15.0 Å². The van der Waals surface area contributed by atoms with Crippen LogP contribution in [0.2, 0.25) is 0 Å². The first-order valence-electron chi connectivity index (χ1n) is 13.6. The summed E-state index contributed by atoms with van der Waals surface area (Å²) < 4.78 is 0. The topological polar surface area (TPSA) is 79.1 Å². The summed E-state index contributed by atoms with van der Waals surface area (Å²) in [4.78, 5) is 14.4. The Morgan fingerprint density at radius 3 is 1.61 bits per heavy atom. The Kier molecular flexibility index (Phi) is 8.45. The predicted molar refractivity (Wildman–Crippen MR) is 155 cm³/mol. The van der Waals surface area contributed by atoms with Crippen molar-refractivity contribution in [3.63, 3.8) is 0 Å². The largest absolute Gasteiger partial charge is 0.504 e. The molecule has 4 rings (SSSR count). The lowest BCUT2D eigenvalue weighted by Gasteiger charge is -2.14. The van der Waals surface area contributed by atoms with Crippen molar-refractivity contribution in [2.24, 2.45) is 5.92 Å². The van der Waals surface area contributed by atoms with Gasteiger partial charge in [0.1, 0.15) is 0 Å². The molecular weight excluding hydrogens is 470 g/mol. The SMILES string of the molecule is Cc1ccc(-c2nc(-c3ccc(C)cc3C)nc(-c3ccc(CCCCCC(C)C)c(O)c3O)n2)c(C)c1. The quantitative estimate of drug-likeness (QED) is 0.175. The molecule has 38 heavy (non-hydrogen) atoms. The van der Waals surface area contributed by atoms with Crippen LogP contribution in [0.5, 0.6) is 11.5 Å². The van der Waals surface area contributed by atoms with Crippen molar-refractivity contribution in [2.45, 2.75) is 73.6 Å². The molecule has 0 spiro atoms. The minimum Gasteiger partial charge on any atom is -0.504 e. The van der Waals surface area contributed by atoms with Gasteiger partial charge in [0.15, 0.2) is 29.0 Å². The van der Waals surface area contributed by atoms with Crippen LogP contribution in [-0.2, 0) is 6.42 Å². The third kappa shape index (κ3) is 6.21. The zero-order chi connectivity index (χ0) is 27.4. The van der Waals surface area contributed by atoms with Gasteiger partial charge in [0.25, 0.3) is 0 Å². The minimum atomic E-state index is -0.186. The maximum atomic E-state index is 11.1. The van der Waals surface area contributed by atoms with Crippen molar-refractivity contribution in [3.05, 3.63) is 76.3 Å². The second kappa shape index (κ2) is 11.8. The molecule has 5 heteroatoms. The Bertz CT molecular complexity index is 1370. The van der Waals surface area contributed by atoms with Gasteiger partial charge in [0, 0.05) is 11.1 Å². The smallest absolute Gasteiger partial charge is 0.168 e. The molecule has 1 aromatic heterocycles. The summed E-state index contributed by atoms with van der Waals surface area (Å²) in [7, 11) is 0. The van der Waals surface area contributed by atoms with E-state index < -0.39 is 0 Å². The standard InChI is InChI=1S/C33H39N3O2/c1-20(2)10-8-7-9-11-25-14-17-28(30(38)29(25)37)33-35-31(26-15-12-21(3)18-23(26)5)34-32(36-33)27-16-13-22(4)19-24(27)6/h12-20,37-38H,7-11H2,1-6H3. The zero-order valence-electron chi connectivity index (χ0n) is 23.5. The second-order valence-electron chi connectivity index (χ2n) is 10.9. The van der Waals surface area contributed by atoms with Gasteiger partial charge >= 0.3 is 0 Å². The lowest BCUT2D eigenvalue weighted by Crippen LogP contribution is -2.02. The molecule has 0 atom stereocenters. The van der Waals surface area contributed by atoms with E-state index >= 15 is 0 Å². The third-order valence-electron chi connectivity index (χ3n) is 7.08. The molecule has 0 saturated carbocycles. The highest BCUT2D eigenvalue weighted by Crippen LogP contribution is 2.39. The van der Waals surface area contributed by atoms with Gasteiger partial charge in [-0.05, 0) is 69.2 Å². The van der Waals surface area contributed by atoms with Gasteiger partial charge in [-0.3, -0.25) is 0 Å². The molecule has 0 aliphatic rings. The average molecular weight is 510 g/mol. The van der Waals surface area contributed by atoms with Crippen LogP contribution in [0.3, 0.4) is 0 Å². The van der Waals surface area contributed by atoms with Gasteiger partial charge in [0.05, 0.1) is 5.56 Å². The number of unbranched alkanes of at least 4 members (excludes halogenated alkanes) is 2. The number of nitrogens with zero attached hydrogens (tertiary/aromatic N) is 3. The number of phenolic OH excluding ortho intramolecular Hbond substituents is 2. The molecule has 0 unspecified atom stereocenters. The van der Waals surface area contributed by atoms with Crippen LogP contribution < -0.4 is 0 Å². The van der Waals surface area contributed by atoms with E-state index in [9.17, 15) is 10.2 Å². The van der Waals surface area contributed by atoms with Crippen LogP contribution in [0.1, 0.15) is 67.3 Å². The van der Waals surface area contributed by atoms with Gasteiger partial charge in [0.2, 0.25) is 0 Å². The van der Waals surface area contributed by atoms with Crippen LogP contribution in [-0.4, -0.2) is 25.2 Å². The number of aryl methyl sites for hydroxylation is 5.